The molecule has 8 heteroatoms. The summed E-state index contributed by atoms with van der Waals surface area (Å²) in [6.07, 6.45) is 1.84. The molecule has 0 heterocycles. The van der Waals surface area contributed by atoms with E-state index in [1.54, 1.807) is 20.8 Å². The van der Waals surface area contributed by atoms with Gasteiger partial charge >= 0.3 is 12.1 Å². The van der Waals surface area contributed by atoms with Crippen molar-refractivity contribution in [3.05, 3.63) is 0 Å². The zero-order valence-electron chi connectivity index (χ0n) is 13.0. The highest BCUT2D eigenvalue weighted by atomic mass is 32.2. The second-order valence-corrected chi connectivity index (χ2v) is 8.24. The lowest BCUT2D eigenvalue weighted by molar-refractivity contribution is -0.141. The van der Waals surface area contributed by atoms with Crippen LogP contribution in [-0.4, -0.2) is 49.7 Å². The van der Waals surface area contributed by atoms with E-state index in [4.69, 9.17) is 9.84 Å². The van der Waals surface area contributed by atoms with Crippen molar-refractivity contribution in [2.75, 3.05) is 18.6 Å². The Balaban J connectivity index is 3.97. The molecular formula is C13H25NO6S. The lowest BCUT2D eigenvalue weighted by Gasteiger charge is -2.19. The number of amides is 1. The molecule has 0 saturated heterocycles. The smallest absolute Gasteiger partial charge is 0.407 e. The standard InChI is InChI=1S/C13H25NO6S/c1-13(2,3)20-12(17)14-8-6-5-7-10(11(15)16)9-21(4,18)19/h10H,5-9H2,1-4H3,(H,14,17)(H,15,16)/t10-/m1/s1. The molecule has 0 fully saturated rings. The van der Waals surface area contributed by atoms with E-state index in [1.165, 1.54) is 0 Å². The van der Waals surface area contributed by atoms with Crippen LogP contribution in [0.1, 0.15) is 40.0 Å². The predicted molar refractivity (Wildman–Crippen MR) is 78.9 cm³/mol. The summed E-state index contributed by atoms with van der Waals surface area (Å²) in [4.78, 5) is 22.3. The van der Waals surface area contributed by atoms with Crippen LogP contribution >= 0.6 is 0 Å². The van der Waals surface area contributed by atoms with E-state index in [2.05, 4.69) is 5.32 Å². The SMILES string of the molecule is CC(C)(C)OC(=O)NCCCC[C@H](CS(C)(=O)=O)C(=O)O. The van der Waals surface area contributed by atoms with Gasteiger partial charge in [0.2, 0.25) is 0 Å². The van der Waals surface area contributed by atoms with Crippen LogP contribution in [0.5, 0.6) is 0 Å². The number of alkyl carbamates (subject to hydrolysis) is 1. The van der Waals surface area contributed by atoms with Gasteiger partial charge in [0.1, 0.15) is 15.4 Å². The Kier molecular flexibility index (Phi) is 7.70. The zero-order chi connectivity index (χ0) is 16.7. The maximum atomic E-state index is 11.3. The molecule has 0 aliphatic carbocycles. The Hall–Kier alpha value is -1.31. The summed E-state index contributed by atoms with van der Waals surface area (Å²) in [6.45, 7) is 5.64. The van der Waals surface area contributed by atoms with Crippen LogP contribution in [0.3, 0.4) is 0 Å². The first-order valence-electron chi connectivity index (χ1n) is 6.78. The summed E-state index contributed by atoms with van der Waals surface area (Å²) in [7, 11) is -3.32. The van der Waals surface area contributed by atoms with Crippen molar-refractivity contribution >= 4 is 21.9 Å². The van der Waals surface area contributed by atoms with Crippen LogP contribution in [0.2, 0.25) is 0 Å². The first-order chi connectivity index (χ1) is 9.41. The highest BCUT2D eigenvalue weighted by Crippen LogP contribution is 2.11. The maximum Gasteiger partial charge on any atom is 0.407 e. The Morgan fingerprint density at radius 3 is 2.24 bits per heavy atom. The Morgan fingerprint density at radius 2 is 1.81 bits per heavy atom. The number of carboxylic acids is 1. The van der Waals surface area contributed by atoms with Crippen molar-refractivity contribution < 1.29 is 27.9 Å². The van der Waals surface area contributed by atoms with Crippen LogP contribution in [0.15, 0.2) is 0 Å². The van der Waals surface area contributed by atoms with Gasteiger partial charge in [-0.3, -0.25) is 4.79 Å². The molecule has 124 valence electrons. The summed E-state index contributed by atoms with van der Waals surface area (Å²) < 4.78 is 27.3. The molecule has 0 aromatic rings. The molecule has 0 bridgehead atoms. The normalized spacial score (nSPS) is 13.5. The number of rotatable bonds is 8. The summed E-state index contributed by atoms with van der Waals surface area (Å²) in [6, 6.07) is 0. The van der Waals surface area contributed by atoms with Crippen molar-refractivity contribution in [1.29, 1.82) is 0 Å². The van der Waals surface area contributed by atoms with E-state index in [0.29, 0.717) is 19.4 Å². The number of aliphatic carboxylic acids is 1. The molecule has 0 aliphatic heterocycles. The third-order valence-electron chi connectivity index (χ3n) is 2.50. The van der Waals surface area contributed by atoms with Gasteiger partial charge in [0.05, 0.1) is 11.7 Å². The summed E-state index contributed by atoms with van der Waals surface area (Å²) >= 11 is 0. The van der Waals surface area contributed by atoms with Crippen molar-refractivity contribution in [3.8, 4) is 0 Å². The number of hydrogen-bond acceptors (Lipinski definition) is 5. The molecule has 2 N–H and O–H groups in total. The fourth-order valence-electron chi connectivity index (χ4n) is 1.66. The minimum absolute atomic E-state index is 0.262. The Bertz CT molecular complexity index is 452. The summed E-state index contributed by atoms with van der Waals surface area (Å²) in [5.74, 6) is -2.37. The van der Waals surface area contributed by atoms with Crippen molar-refractivity contribution in [2.24, 2.45) is 5.92 Å². The molecule has 0 aliphatic rings. The quantitative estimate of drug-likeness (QED) is 0.654. The molecular weight excluding hydrogens is 298 g/mol. The fourth-order valence-corrected chi connectivity index (χ4v) is 2.70. The lowest BCUT2D eigenvalue weighted by atomic mass is 10.0. The molecule has 0 aromatic carbocycles. The number of carboxylic acid groups (broad SMARTS) is 1. The molecule has 1 amide bonds. The van der Waals surface area contributed by atoms with Gasteiger partial charge < -0.3 is 15.2 Å². The third kappa shape index (κ3) is 12.2. The van der Waals surface area contributed by atoms with Crippen molar-refractivity contribution in [1.82, 2.24) is 5.32 Å². The monoisotopic (exact) mass is 323 g/mol. The highest BCUT2D eigenvalue weighted by molar-refractivity contribution is 7.90. The van der Waals surface area contributed by atoms with Crippen molar-refractivity contribution in [2.45, 2.75) is 45.6 Å². The number of sulfone groups is 1. The summed E-state index contributed by atoms with van der Waals surface area (Å²) in [5, 5.41) is 11.5. The zero-order valence-corrected chi connectivity index (χ0v) is 13.8. The van der Waals surface area contributed by atoms with Crippen LogP contribution in [-0.2, 0) is 19.4 Å². The molecule has 0 spiro atoms. The van der Waals surface area contributed by atoms with Gasteiger partial charge in [-0.2, -0.15) is 0 Å². The largest absolute Gasteiger partial charge is 0.481 e. The van der Waals surface area contributed by atoms with Gasteiger partial charge in [0.25, 0.3) is 0 Å². The first-order valence-corrected chi connectivity index (χ1v) is 8.84. The lowest BCUT2D eigenvalue weighted by Crippen LogP contribution is -2.33. The number of ether oxygens (including phenoxy) is 1. The fraction of sp³-hybridized carbons (Fsp3) is 0.846. The number of carbonyl (C=O) groups excluding carboxylic acids is 1. The van der Waals surface area contributed by atoms with E-state index in [1.807, 2.05) is 0 Å². The van der Waals surface area contributed by atoms with E-state index in [9.17, 15) is 18.0 Å². The predicted octanol–water partition coefficient (Wildman–Crippen LogP) is 1.43. The number of hydrogen-bond donors (Lipinski definition) is 2. The van der Waals surface area contributed by atoms with Crippen LogP contribution < -0.4 is 5.32 Å². The van der Waals surface area contributed by atoms with E-state index in [0.717, 1.165) is 6.26 Å². The van der Waals surface area contributed by atoms with Crippen molar-refractivity contribution in [3.63, 3.8) is 0 Å². The second-order valence-electron chi connectivity index (χ2n) is 6.05. The molecule has 0 radical (unpaired) electrons. The summed E-state index contributed by atoms with van der Waals surface area (Å²) in [5.41, 5.74) is -0.562. The van der Waals surface area contributed by atoms with Gasteiger partial charge in [-0.1, -0.05) is 6.42 Å². The topological polar surface area (TPSA) is 110 Å². The second kappa shape index (κ2) is 8.21. The van der Waals surface area contributed by atoms with Crippen LogP contribution in [0.4, 0.5) is 4.79 Å². The van der Waals surface area contributed by atoms with Crippen LogP contribution in [0, 0.1) is 5.92 Å². The van der Waals surface area contributed by atoms with Crippen LogP contribution in [0.25, 0.3) is 0 Å². The molecule has 1 atom stereocenters. The maximum absolute atomic E-state index is 11.3. The highest BCUT2D eigenvalue weighted by Gasteiger charge is 2.22. The molecule has 7 nitrogen and oxygen atoms in total. The molecule has 0 unspecified atom stereocenters. The molecule has 21 heavy (non-hydrogen) atoms. The average molecular weight is 323 g/mol. The number of nitrogens with one attached hydrogen (secondary N) is 1. The molecule has 0 aromatic heterocycles. The minimum atomic E-state index is -3.32. The van der Waals surface area contributed by atoms with Gasteiger partial charge in [-0.15, -0.1) is 0 Å². The Morgan fingerprint density at radius 1 is 1.24 bits per heavy atom. The van der Waals surface area contributed by atoms with E-state index in [-0.39, 0.29) is 12.2 Å². The van der Waals surface area contributed by atoms with E-state index < -0.39 is 33.4 Å². The van der Waals surface area contributed by atoms with E-state index >= 15 is 0 Å². The number of unbranched alkanes of at least 4 members (excludes halogenated alkanes) is 1. The number of carbonyl (C=O) groups is 2. The first kappa shape index (κ1) is 19.7. The van der Waals surface area contributed by atoms with Gasteiger partial charge in [0.15, 0.2) is 0 Å². The molecule has 0 saturated carbocycles. The molecule has 0 rings (SSSR count). The van der Waals surface area contributed by atoms with Gasteiger partial charge in [0, 0.05) is 12.8 Å². The average Bonchev–Trinajstić information content (AvgIpc) is 2.22. The third-order valence-corrected chi connectivity index (χ3v) is 3.51. The Labute approximate surface area is 126 Å². The van der Waals surface area contributed by atoms with Gasteiger partial charge in [-0.25, -0.2) is 13.2 Å². The minimum Gasteiger partial charge on any atom is -0.481 e. The van der Waals surface area contributed by atoms with Gasteiger partial charge in [-0.05, 0) is 33.6 Å².